The Bertz CT molecular complexity index is 471. The predicted molar refractivity (Wildman–Crippen MR) is 68.4 cm³/mol. The van der Waals surface area contributed by atoms with E-state index in [4.69, 9.17) is 20.3 Å². The number of ether oxygens (including phenoxy) is 2. The van der Waals surface area contributed by atoms with Crippen LogP contribution >= 0.6 is 0 Å². The number of rotatable bonds is 6. The van der Waals surface area contributed by atoms with Crippen LogP contribution in [0.2, 0.25) is 0 Å². The van der Waals surface area contributed by atoms with Gasteiger partial charge in [-0.05, 0) is 18.2 Å². The summed E-state index contributed by atoms with van der Waals surface area (Å²) >= 11 is 0. The van der Waals surface area contributed by atoms with Gasteiger partial charge in [-0.25, -0.2) is 4.79 Å². The summed E-state index contributed by atoms with van der Waals surface area (Å²) in [7, 11) is 2.78. The van der Waals surface area contributed by atoms with Gasteiger partial charge in [0.25, 0.3) is 5.91 Å². The third kappa shape index (κ3) is 3.67. The molecule has 4 N–H and O–H groups in total. The van der Waals surface area contributed by atoms with Crippen molar-refractivity contribution < 1.29 is 24.2 Å². The number of amides is 1. The van der Waals surface area contributed by atoms with Crippen molar-refractivity contribution in [2.75, 3.05) is 26.1 Å². The molecule has 0 aliphatic heterocycles. The van der Waals surface area contributed by atoms with E-state index in [1.165, 1.54) is 32.4 Å². The number of hydrogen-bond acceptors (Lipinski definition) is 5. The van der Waals surface area contributed by atoms with Crippen LogP contribution in [-0.2, 0) is 9.53 Å². The third-order valence-corrected chi connectivity index (χ3v) is 2.50. The van der Waals surface area contributed by atoms with Crippen LogP contribution in [0.1, 0.15) is 10.4 Å². The zero-order valence-electron chi connectivity index (χ0n) is 10.7. The Morgan fingerprint density at radius 2 is 2.11 bits per heavy atom. The van der Waals surface area contributed by atoms with E-state index in [0.29, 0.717) is 5.75 Å². The van der Waals surface area contributed by atoms with E-state index in [1.54, 1.807) is 0 Å². The number of carbonyl (C=O) groups is 2. The summed E-state index contributed by atoms with van der Waals surface area (Å²) in [6, 6.07) is 4.15. The lowest BCUT2D eigenvalue weighted by Gasteiger charge is -2.15. The molecule has 7 heteroatoms. The van der Waals surface area contributed by atoms with Crippen molar-refractivity contribution in [3.8, 4) is 5.75 Å². The summed E-state index contributed by atoms with van der Waals surface area (Å²) in [5, 5.41) is 11.4. The molecule has 1 rings (SSSR count). The van der Waals surface area contributed by atoms with Crippen molar-refractivity contribution in [1.82, 2.24) is 0 Å². The Labute approximate surface area is 110 Å². The summed E-state index contributed by atoms with van der Waals surface area (Å²) in [6.07, 6.45) is -0.807. The average molecular weight is 268 g/mol. The normalized spacial score (nSPS) is 11.7. The molecule has 0 saturated carbocycles. The Morgan fingerprint density at radius 3 is 2.58 bits per heavy atom. The molecular weight excluding hydrogens is 252 g/mol. The SMILES string of the molecule is COc1ccc(C(=O)O)cc1NC(=O)C(CN)OC. The molecule has 104 valence electrons. The van der Waals surface area contributed by atoms with E-state index >= 15 is 0 Å². The molecule has 0 aliphatic carbocycles. The quantitative estimate of drug-likeness (QED) is 0.684. The zero-order valence-corrected chi connectivity index (χ0v) is 10.7. The molecule has 1 aromatic rings. The largest absolute Gasteiger partial charge is 0.495 e. The lowest BCUT2D eigenvalue weighted by atomic mass is 10.2. The molecule has 0 radical (unpaired) electrons. The van der Waals surface area contributed by atoms with Gasteiger partial charge in [0.1, 0.15) is 11.9 Å². The van der Waals surface area contributed by atoms with Crippen molar-refractivity contribution in [1.29, 1.82) is 0 Å². The second-order valence-corrected chi connectivity index (χ2v) is 3.67. The molecule has 0 heterocycles. The minimum Gasteiger partial charge on any atom is -0.495 e. The van der Waals surface area contributed by atoms with E-state index in [1.807, 2.05) is 0 Å². The number of nitrogens with two attached hydrogens (primary N) is 1. The maximum Gasteiger partial charge on any atom is 0.335 e. The number of carboxylic acids is 1. The Balaban J connectivity index is 3.00. The van der Waals surface area contributed by atoms with E-state index in [0.717, 1.165) is 0 Å². The lowest BCUT2D eigenvalue weighted by Crippen LogP contribution is -2.36. The van der Waals surface area contributed by atoms with Crippen LogP contribution in [0.3, 0.4) is 0 Å². The van der Waals surface area contributed by atoms with E-state index in [2.05, 4.69) is 5.32 Å². The van der Waals surface area contributed by atoms with Gasteiger partial charge >= 0.3 is 5.97 Å². The molecule has 0 spiro atoms. The van der Waals surface area contributed by atoms with Gasteiger partial charge in [0.15, 0.2) is 0 Å². The van der Waals surface area contributed by atoms with Crippen molar-refractivity contribution in [3.05, 3.63) is 23.8 Å². The van der Waals surface area contributed by atoms with Crippen molar-refractivity contribution in [2.45, 2.75) is 6.10 Å². The fourth-order valence-corrected chi connectivity index (χ4v) is 1.46. The lowest BCUT2D eigenvalue weighted by molar-refractivity contribution is -0.125. The first-order valence-electron chi connectivity index (χ1n) is 5.48. The minimum absolute atomic E-state index is 0.0171. The molecular formula is C12H16N2O5. The molecule has 0 aromatic heterocycles. The van der Waals surface area contributed by atoms with Crippen molar-refractivity contribution in [3.63, 3.8) is 0 Å². The topological polar surface area (TPSA) is 111 Å². The van der Waals surface area contributed by atoms with E-state index in [9.17, 15) is 9.59 Å². The van der Waals surface area contributed by atoms with Crippen LogP contribution < -0.4 is 15.8 Å². The minimum atomic E-state index is -1.10. The maximum absolute atomic E-state index is 11.8. The summed E-state index contributed by atoms with van der Waals surface area (Å²) in [5.74, 6) is -1.21. The number of carbonyl (C=O) groups excluding carboxylic acids is 1. The molecule has 1 atom stereocenters. The second-order valence-electron chi connectivity index (χ2n) is 3.67. The van der Waals surface area contributed by atoms with Gasteiger partial charge < -0.3 is 25.6 Å². The van der Waals surface area contributed by atoms with Crippen molar-refractivity contribution >= 4 is 17.6 Å². The predicted octanol–water partition coefficient (Wildman–Crippen LogP) is 0.306. The van der Waals surface area contributed by atoms with Crippen LogP contribution in [0.4, 0.5) is 5.69 Å². The molecule has 0 bridgehead atoms. The van der Waals surface area contributed by atoms with Crippen LogP contribution in [-0.4, -0.2) is 43.9 Å². The number of methoxy groups -OCH3 is 2. The molecule has 0 saturated heterocycles. The highest BCUT2D eigenvalue weighted by atomic mass is 16.5. The van der Waals surface area contributed by atoms with E-state index < -0.39 is 18.0 Å². The highest BCUT2D eigenvalue weighted by Crippen LogP contribution is 2.25. The van der Waals surface area contributed by atoms with Gasteiger partial charge in [0.05, 0.1) is 18.4 Å². The fourth-order valence-electron chi connectivity index (χ4n) is 1.46. The molecule has 1 aromatic carbocycles. The average Bonchev–Trinajstić information content (AvgIpc) is 2.39. The highest BCUT2D eigenvalue weighted by Gasteiger charge is 2.18. The molecule has 1 unspecified atom stereocenters. The number of carboxylic acid groups (broad SMARTS) is 1. The van der Waals surface area contributed by atoms with Gasteiger partial charge in [0, 0.05) is 13.7 Å². The van der Waals surface area contributed by atoms with Gasteiger partial charge in [-0.3, -0.25) is 4.79 Å². The number of benzene rings is 1. The van der Waals surface area contributed by atoms with Gasteiger partial charge in [-0.15, -0.1) is 0 Å². The monoisotopic (exact) mass is 268 g/mol. The first-order valence-corrected chi connectivity index (χ1v) is 5.48. The first-order chi connectivity index (χ1) is 9.03. The maximum atomic E-state index is 11.8. The van der Waals surface area contributed by atoms with E-state index in [-0.39, 0.29) is 17.8 Å². The number of anilines is 1. The van der Waals surface area contributed by atoms with Gasteiger partial charge in [-0.1, -0.05) is 0 Å². The summed E-state index contributed by atoms with van der Waals surface area (Å²) in [4.78, 5) is 22.7. The van der Waals surface area contributed by atoms with Gasteiger partial charge in [-0.2, -0.15) is 0 Å². The molecule has 0 fully saturated rings. The standard InChI is InChI=1S/C12H16N2O5/c1-18-9-4-3-7(12(16)17)5-8(9)14-11(15)10(6-13)19-2/h3-5,10H,6,13H2,1-2H3,(H,14,15)(H,16,17). The number of nitrogens with one attached hydrogen (secondary N) is 1. The third-order valence-electron chi connectivity index (χ3n) is 2.50. The summed E-state index contributed by atoms with van der Waals surface area (Å²) in [6.45, 7) is 0.0171. The zero-order chi connectivity index (χ0) is 14.4. The van der Waals surface area contributed by atoms with Crippen LogP contribution in [0.5, 0.6) is 5.75 Å². The van der Waals surface area contributed by atoms with Crippen LogP contribution in [0, 0.1) is 0 Å². The summed E-state index contributed by atoms with van der Waals surface area (Å²) in [5.41, 5.74) is 5.67. The highest BCUT2D eigenvalue weighted by molar-refractivity contribution is 5.97. The Kier molecular flexibility index (Phi) is 5.28. The molecule has 7 nitrogen and oxygen atoms in total. The van der Waals surface area contributed by atoms with Gasteiger partial charge in [0.2, 0.25) is 0 Å². The Morgan fingerprint density at radius 1 is 1.42 bits per heavy atom. The Hall–Kier alpha value is -2.12. The first kappa shape index (κ1) is 14.9. The number of aromatic carboxylic acids is 1. The van der Waals surface area contributed by atoms with Crippen LogP contribution in [0.15, 0.2) is 18.2 Å². The summed E-state index contributed by atoms with van der Waals surface area (Å²) < 4.78 is 9.94. The smallest absolute Gasteiger partial charge is 0.335 e. The van der Waals surface area contributed by atoms with Crippen LogP contribution in [0.25, 0.3) is 0 Å². The fraction of sp³-hybridized carbons (Fsp3) is 0.333. The second kappa shape index (κ2) is 6.72. The molecule has 19 heavy (non-hydrogen) atoms. The molecule has 1 amide bonds. The molecule has 0 aliphatic rings. The van der Waals surface area contributed by atoms with Crippen molar-refractivity contribution in [2.24, 2.45) is 5.73 Å². The number of hydrogen-bond donors (Lipinski definition) is 3.